The van der Waals surface area contributed by atoms with Crippen molar-refractivity contribution >= 4 is 16.9 Å². The fraction of sp³-hybridized carbons (Fsp3) is 0.208. The smallest absolute Gasteiger partial charge is 0.252 e. The molecule has 146 valence electrons. The molecule has 0 spiro atoms. The van der Waals surface area contributed by atoms with E-state index in [-0.39, 0.29) is 5.91 Å². The summed E-state index contributed by atoms with van der Waals surface area (Å²) in [5.41, 5.74) is 5.80. The number of aryl methyl sites for hydroxylation is 1. The largest absolute Gasteiger partial charge is 0.352 e. The third-order valence-electron chi connectivity index (χ3n) is 4.99. The summed E-state index contributed by atoms with van der Waals surface area (Å²) in [6.07, 6.45) is 1.98. The number of hydrogen-bond donors (Lipinski definition) is 2. The van der Waals surface area contributed by atoms with E-state index < -0.39 is 0 Å². The molecule has 4 rings (SSSR count). The van der Waals surface area contributed by atoms with Crippen LogP contribution in [0.1, 0.15) is 35.7 Å². The molecule has 0 fully saturated rings. The molecule has 4 aromatic rings. The van der Waals surface area contributed by atoms with E-state index in [4.69, 9.17) is 4.98 Å². The highest BCUT2D eigenvalue weighted by molar-refractivity contribution is 6.10. The van der Waals surface area contributed by atoms with Crippen LogP contribution in [0, 0.1) is 6.92 Å². The van der Waals surface area contributed by atoms with Crippen LogP contribution in [0.5, 0.6) is 0 Å². The van der Waals surface area contributed by atoms with Gasteiger partial charge in [0.2, 0.25) is 0 Å². The summed E-state index contributed by atoms with van der Waals surface area (Å²) < 4.78 is 0. The number of unbranched alkanes of at least 4 members (excludes halogenated alkanes) is 1. The zero-order valence-electron chi connectivity index (χ0n) is 16.7. The summed E-state index contributed by atoms with van der Waals surface area (Å²) in [4.78, 5) is 17.8. The van der Waals surface area contributed by atoms with Crippen molar-refractivity contribution in [1.82, 2.24) is 20.5 Å². The van der Waals surface area contributed by atoms with Gasteiger partial charge in [-0.05, 0) is 19.4 Å². The van der Waals surface area contributed by atoms with Crippen LogP contribution < -0.4 is 5.32 Å². The highest BCUT2D eigenvalue weighted by atomic mass is 16.1. The van der Waals surface area contributed by atoms with Crippen molar-refractivity contribution in [3.8, 4) is 22.5 Å². The molecule has 5 heteroatoms. The van der Waals surface area contributed by atoms with Crippen LogP contribution in [0.3, 0.4) is 0 Å². The van der Waals surface area contributed by atoms with Crippen molar-refractivity contribution in [2.75, 3.05) is 6.54 Å². The molecule has 0 atom stereocenters. The molecular formula is C24H24N4O. The van der Waals surface area contributed by atoms with E-state index in [1.54, 1.807) is 0 Å². The van der Waals surface area contributed by atoms with Crippen LogP contribution in [0.15, 0.2) is 60.7 Å². The number of hydrogen-bond acceptors (Lipinski definition) is 3. The molecule has 1 amide bonds. The van der Waals surface area contributed by atoms with Crippen LogP contribution in [-0.4, -0.2) is 27.6 Å². The first kappa shape index (κ1) is 18.9. The molecule has 0 saturated heterocycles. The van der Waals surface area contributed by atoms with Gasteiger partial charge in [0.1, 0.15) is 0 Å². The second kappa shape index (κ2) is 8.27. The molecule has 0 radical (unpaired) electrons. The quantitative estimate of drug-likeness (QED) is 0.453. The first-order chi connectivity index (χ1) is 14.2. The number of fused-ring (bicyclic) bond motifs is 1. The molecule has 0 bridgehead atoms. The molecule has 2 aromatic carbocycles. The van der Waals surface area contributed by atoms with Crippen LogP contribution in [0.2, 0.25) is 0 Å². The Bertz CT molecular complexity index is 1130. The normalized spacial score (nSPS) is 11.0. The Labute approximate surface area is 170 Å². The standard InChI is InChI=1S/C24H24N4O/c1-3-4-14-25-24(29)19-15-20(17-12-10-16(2)11-13-17)26-23-21(19)22(27-28-23)18-8-6-5-7-9-18/h5-13,15H,3-4,14H2,1-2H3,(H,25,29)(H,26,27,28). The minimum absolute atomic E-state index is 0.0993. The molecule has 0 unspecified atom stereocenters. The fourth-order valence-corrected chi connectivity index (χ4v) is 3.36. The summed E-state index contributed by atoms with van der Waals surface area (Å²) in [5.74, 6) is -0.0993. The number of nitrogens with one attached hydrogen (secondary N) is 2. The lowest BCUT2D eigenvalue weighted by atomic mass is 10.0. The minimum Gasteiger partial charge on any atom is -0.352 e. The van der Waals surface area contributed by atoms with Crippen LogP contribution >= 0.6 is 0 Å². The first-order valence-corrected chi connectivity index (χ1v) is 9.97. The number of benzene rings is 2. The summed E-state index contributed by atoms with van der Waals surface area (Å²) in [6.45, 7) is 4.81. The maximum atomic E-state index is 13.1. The van der Waals surface area contributed by atoms with Gasteiger partial charge in [-0.3, -0.25) is 9.89 Å². The molecular weight excluding hydrogens is 360 g/mol. The van der Waals surface area contributed by atoms with Gasteiger partial charge in [-0.25, -0.2) is 4.98 Å². The predicted octanol–water partition coefficient (Wildman–Crippen LogP) is 5.13. The minimum atomic E-state index is -0.0993. The SMILES string of the molecule is CCCCNC(=O)c1cc(-c2ccc(C)cc2)nc2n[nH]c(-c3ccccc3)c12. The third kappa shape index (κ3) is 3.90. The van der Waals surface area contributed by atoms with Crippen molar-refractivity contribution in [2.24, 2.45) is 0 Å². The lowest BCUT2D eigenvalue weighted by Crippen LogP contribution is -2.24. The number of carbonyl (C=O) groups excluding carboxylic acids is 1. The molecule has 0 aliphatic heterocycles. The lowest BCUT2D eigenvalue weighted by molar-refractivity contribution is 0.0955. The van der Waals surface area contributed by atoms with E-state index in [0.717, 1.165) is 40.7 Å². The summed E-state index contributed by atoms with van der Waals surface area (Å²) in [6, 6.07) is 19.9. The number of rotatable bonds is 6. The van der Waals surface area contributed by atoms with Crippen LogP contribution in [0.25, 0.3) is 33.5 Å². The Morgan fingerprint density at radius 1 is 1.03 bits per heavy atom. The summed E-state index contributed by atoms with van der Waals surface area (Å²) in [5, 5.41) is 11.3. The Balaban J connectivity index is 1.87. The van der Waals surface area contributed by atoms with E-state index in [0.29, 0.717) is 17.8 Å². The van der Waals surface area contributed by atoms with Gasteiger partial charge in [-0.2, -0.15) is 5.10 Å². The summed E-state index contributed by atoms with van der Waals surface area (Å²) >= 11 is 0. The van der Waals surface area contributed by atoms with Crippen molar-refractivity contribution in [2.45, 2.75) is 26.7 Å². The highest BCUT2D eigenvalue weighted by Crippen LogP contribution is 2.31. The molecule has 2 heterocycles. The van der Waals surface area contributed by atoms with E-state index in [9.17, 15) is 4.79 Å². The average molecular weight is 384 g/mol. The number of carbonyl (C=O) groups is 1. The van der Waals surface area contributed by atoms with Gasteiger partial charge in [0.05, 0.1) is 22.3 Å². The molecule has 2 aromatic heterocycles. The van der Waals surface area contributed by atoms with Gasteiger partial charge in [0.15, 0.2) is 5.65 Å². The highest BCUT2D eigenvalue weighted by Gasteiger charge is 2.20. The monoisotopic (exact) mass is 384 g/mol. The van der Waals surface area contributed by atoms with Gasteiger partial charge >= 0.3 is 0 Å². The van der Waals surface area contributed by atoms with Crippen molar-refractivity contribution < 1.29 is 4.79 Å². The van der Waals surface area contributed by atoms with Crippen molar-refractivity contribution in [3.63, 3.8) is 0 Å². The predicted molar refractivity (Wildman–Crippen MR) is 117 cm³/mol. The second-order valence-corrected chi connectivity index (χ2v) is 7.19. The van der Waals surface area contributed by atoms with Crippen LogP contribution in [0.4, 0.5) is 0 Å². The maximum absolute atomic E-state index is 13.1. The van der Waals surface area contributed by atoms with E-state index in [1.165, 1.54) is 5.56 Å². The number of H-pyrrole nitrogens is 1. The van der Waals surface area contributed by atoms with Gasteiger partial charge < -0.3 is 5.32 Å². The number of amides is 1. The Hall–Kier alpha value is -3.47. The topological polar surface area (TPSA) is 70.7 Å². The fourth-order valence-electron chi connectivity index (χ4n) is 3.36. The van der Waals surface area contributed by atoms with E-state index >= 15 is 0 Å². The third-order valence-corrected chi connectivity index (χ3v) is 4.99. The lowest BCUT2D eigenvalue weighted by Gasteiger charge is -2.10. The Morgan fingerprint density at radius 3 is 2.52 bits per heavy atom. The number of pyridine rings is 1. The first-order valence-electron chi connectivity index (χ1n) is 9.97. The second-order valence-electron chi connectivity index (χ2n) is 7.19. The molecule has 0 aliphatic carbocycles. The number of nitrogens with zero attached hydrogens (tertiary/aromatic N) is 2. The van der Waals surface area contributed by atoms with Gasteiger partial charge in [-0.1, -0.05) is 73.5 Å². The van der Waals surface area contributed by atoms with Gasteiger partial charge in [-0.15, -0.1) is 0 Å². The zero-order chi connectivity index (χ0) is 20.2. The van der Waals surface area contributed by atoms with Gasteiger partial charge in [0.25, 0.3) is 5.91 Å². The molecule has 0 saturated carbocycles. The van der Waals surface area contributed by atoms with Crippen LogP contribution in [-0.2, 0) is 0 Å². The molecule has 29 heavy (non-hydrogen) atoms. The molecule has 0 aliphatic rings. The number of aromatic nitrogens is 3. The van der Waals surface area contributed by atoms with Crippen molar-refractivity contribution in [1.29, 1.82) is 0 Å². The molecule has 5 nitrogen and oxygen atoms in total. The number of aromatic amines is 1. The Kier molecular flexibility index (Phi) is 5.38. The molecule has 2 N–H and O–H groups in total. The average Bonchev–Trinajstić information content (AvgIpc) is 3.18. The van der Waals surface area contributed by atoms with Crippen molar-refractivity contribution in [3.05, 3.63) is 71.8 Å². The maximum Gasteiger partial charge on any atom is 0.252 e. The Morgan fingerprint density at radius 2 is 1.79 bits per heavy atom. The van der Waals surface area contributed by atoms with E-state index in [2.05, 4.69) is 22.4 Å². The summed E-state index contributed by atoms with van der Waals surface area (Å²) in [7, 11) is 0. The van der Waals surface area contributed by atoms with E-state index in [1.807, 2.05) is 67.6 Å². The van der Waals surface area contributed by atoms with Gasteiger partial charge in [0, 0.05) is 17.7 Å². The zero-order valence-corrected chi connectivity index (χ0v) is 16.7.